The first-order chi connectivity index (χ1) is 12.6. The number of rotatable bonds is 2. The van der Waals surface area contributed by atoms with Gasteiger partial charge in [0.15, 0.2) is 0 Å². The molecule has 0 saturated carbocycles. The van der Waals surface area contributed by atoms with Crippen molar-refractivity contribution >= 4 is 33.4 Å². The minimum Gasteiger partial charge on any atom is -0.340 e. The fourth-order valence-corrected chi connectivity index (χ4v) is 4.55. The van der Waals surface area contributed by atoms with Crippen LogP contribution in [0.2, 0.25) is 0 Å². The molecule has 0 atom stereocenters. The number of likely N-dealkylation sites (tertiary alicyclic amines) is 2. The molecule has 2 aliphatic rings. The second kappa shape index (κ2) is 7.39. The van der Waals surface area contributed by atoms with Crippen molar-refractivity contribution in [3.8, 4) is 0 Å². The van der Waals surface area contributed by atoms with E-state index in [0.29, 0.717) is 36.6 Å². The van der Waals surface area contributed by atoms with Gasteiger partial charge in [-0.2, -0.15) is 0 Å². The second-order valence-electron chi connectivity index (χ2n) is 7.15. The molecule has 7 heteroatoms. The molecule has 0 spiro atoms. The molecular formula is C19H23BrN4O2. The number of halogens is 1. The van der Waals surface area contributed by atoms with Crippen molar-refractivity contribution < 1.29 is 9.59 Å². The van der Waals surface area contributed by atoms with Gasteiger partial charge in [-0.05, 0) is 47.7 Å². The molecule has 6 nitrogen and oxygen atoms in total. The normalized spacial score (nSPS) is 19.8. The van der Waals surface area contributed by atoms with Crippen molar-refractivity contribution in [1.82, 2.24) is 19.2 Å². The Morgan fingerprint density at radius 1 is 1.15 bits per heavy atom. The summed E-state index contributed by atoms with van der Waals surface area (Å²) in [5, 5.41) is 0. The molecule has 26 heavy (non-hydrogen) atoms. The summed E-state index contributed by atoms with van der Waals surface area (Å²) in [5.74, 6) is 0.307. The largest absolute Gasteiger partial charge is 0.340 e. The van der Waals surface area contributed by atoms with Crippen molar-refractivity contribution in [3.63, 3.8) is 0 Å². The first-order valence-corrected chi connectivity index (χ1v) is 10.1. The van der Waals surface area contributed by atoms with Gasteiger partial charge in [-0.15, -0.1) is 0 Å². The Morgan fingerprint density at radius 3 is 2.77 bits per heavy atom. The highest BCUT2D eigenvalue weighted by molar-refractivity contribution is 9.10. The van der Waals surface area contributed by atoms with E-state index >= 15 is 0 Å². The molecule has 2 aromatic rings. The summed E-state index contributed by atoms with van der Waals surface area (Å²) in [5.41, 5.74) is 1.30. The van der Waals surface area contributed by atoms with E-state index in [2.05, 4.69) is 25.8 Å². The van der Waals surface area contributed by atoms with Crippen molar-refractivity contribution in [2.45, 2.75) is 44.6 Å². The maximum Gasteiger partial charge on any atom is 0.257 e. The Bertz CT molecular complexity index is 826. The Labute approximate surface area is 161 Å². The first kappa shape index (κ1) is 17.5. The second-order valence-corrected chi connectivity index (χ2v) is 8.07. The van der Waals surface area contributed by atoms with Crippen LogP contribution in [0.1, 0.15) is 48.9 Å². The van der Waals surface area contributed by atoms with Crippen LogP contribution in [0.15, 0.2) is 29.1 Å². The first-order valence-electron chi connectivity index (χ1n) is 9.34. The van der Waals surface area contributed by atoms with Gasteiger partial charge in [-0.25, -0.2) is 4.98 Å². The van der Waals surface area contributed by atoms with Gasteiger partial charge in [0.25, 0.3) is 5.91 Å². The van der Waals surface area contributed by atoms with Gasteiger partial charge in [0.05, 0.1) is 5.56 Å². The number of hydrogen-bond donors (Lipinski definition) is 0. The standard InChI is InChI=1S/C19H23BrN4O2/c20-14-12-16(18-21-7-11-23(18)13-14)19(26)22-9-5-15(6-10-22)24-8-3-1-2-4-17(24)25/h7,11-13,15H,1-6,8-10H2. The van der Waals surface area contributed by atoms with Crippen LogP contribution < -0.4 is 0 Å². The maximum atomic E-state index is 13.0. The predicted octanol–water partition coefficient (Wildman–Crippen LogP) is 3.10. The van der Waals surface area contributed by atoms with Gasteiger partial charge in [0.2, 0.25) is 5.91 Å². The summed E-state index contributed by atoms with van der Waals surface area (Å²) in [7, 11) is 0. The monoisotopic (exact) mass is 418 g/mol. The quantitative estimate of drug-likeness (QED) is 0.752. The number of imidazole rings is 1. The van der Waals surface area contributed by atoms with Crippen LogP contribution in [-0.2, 0) is 4.79 Å². The van der Waals surface area contributed by atoms with E-state index in [0.717, 1.165) is 43.1 Å². The van der Waals surface area contributed by atoms with Gasteiger partial charge < -0.3 is 14.2 Å². The van der Waals surface area contributed by atoms with Crippen molar-refractivity contribution in [2.75, 3.05) is 19.6 Å². The smallest absolute Gasteiger partial charge is 0.257 e. The summed E-state index contributed by atoms with van der Waals surface area (Å²) in [6.07, 6.45) is 11.1. The Kier molecular flexibility index (Phi) is 4.98. The van der Waals surface area contributed by atoms with E-state index in [-0.39, 0.29) is 11.9 Å². The number of piperidine rings is 1. The van der Waals surface area contributed by atoms with E-state index in [1.54, 1.807) is 6.20 Å². The molecule has 0 N–H and O–H groups in total. The lowest BCUT2D eigenvalue weighted by molar-refractivity contribution is -0.133. The molecule has 2 fully saturated rings. The summed E-state index contributed by atoms with van der Waals surface area (Å²) in [6.45, 7) is 2.25. The van der Waals surface area contributed by atoms with E-state index in [1.165, 1.54) is 0 Å². The van der Waals surface area contributed by atoms with Gasteiger partial charge >= 0.3 is 0 Å². The van der Waals surface area contributed by atoms with Crippen molar-refractivity contribution in [3.05, 3.63) is 34.7 Å². The van der Waals surface area contributed by atoms with Crippen LogP contribution in [-0.4, -0.2) is 56.7 Å². The van der Waals surface area contributed by atoms with Gasteiger partial charge in [-0.3, -0.25) is 9.59 Å². The lowest BCUT2D eigenvalue weighted by Crippen LogP contribution is -2.48. The van der Waals surface area contributed by atoms with Crippen LogP contribution in [0, 0.1) is 0 Å². The van der Waals surface area contributed by atoms with Gasteiger partial charge in [0, 0.05) is 55.2 Å². The van der Waals surface area contributed by atoms with E-state index in [9.17, 15) is 9.59 Å². The number of hydrogen-bond acceptors (Lipinski definition) is 3. The zero-order valence-corrected chi connectivity index (χ0v) is 16.3. The number of nitrogens with zero attached hydrogens (tertiary/aromatic N) is 4. The molecule has 138 valence electrons. The molecule has 0 unspecified atom stereocenters. The highest BCUT2D eigenvalue weighted by Gasteiger charge is 2.31. The fourth-order valence-electron chi connectivity index (χ4n) is 4.10. The van der Waals surface area contributed by atoms with Crippen LogP contribution in [0.4, 0.5) is 0 Å². The topological polar surface area (TPSA) is 57.9 Å². The molecule has 2 amide bonds. The number of pyridine rings is 1. The summed E-state index contributed by atoms with van der Waals surface area (Å²) < 4.78 is 2.72. The predicted molar refractivity (Wildman–Crippen MR) is 102 cm³/mol. The number of carbonyl (C=O) groups excluding carboxylic acids is 2. The number of aromatic nitrogens is 2. The van der Waals surface area contributed by atoms with Crippen LogP contribution >= 0.6 is 15.9 Å². The Balaban J connectivity index is 1.46. The SMILES string of the molecule is O=C(c1cc(Br)cn2ccnc12)N1CCC(N2CCCCCC2=O)CC1. The van der Waals surface area contributed by atoms with Crippen molar-refractivity contribution in [1.29, 1.82) is 0 Å². The van der Waals surface area contributed by atoms with Gasteiger partial charge in [0.1, 0.15) is 5.65 Å². The zero-order valence-electron chi connectivity index (χ0n) is 14.7. The van der Waals surface area contributed by atoms with Crippen molar-refractivity contribution in [2.24, 2.45) is 0 Å². The van der Waals surface area contributed by atoms with E-state index in [1.807, 2.05) is 27.8 Å². The molecule has 2 saturated heterocycles. The summed E-state index contributed by atoms with van der Waals surface area (Å²) >= 11 is 3.47. The lowest BCUT2D eigenvalue weighted by Gasteiger charge is -2.38. The average molecular weight is 419 g/mol. The third kappa shape index (κ3) is 3.37. The lowest BCUT2D eigenvalue weighted by atomic mass is 10.0. The molecular weight excluding hydrogens is 396 g/mol. The van der Waals surface area contributed by atoms with Gasteiger partial charge in [-0.1, -0.05) is 6.42 Å². The van der Waals surface area contributed by atoms with Crippen LogP contribution in [0.25, 0.3) is 5.65 Å². The maximum absolute atomic E-state index is 13.0. The Morgan fingerprint density at radius 2 is 1.96 bits per heavy atom. The molecule has 2 aliphatic heterocycles. The van der Waals surface area contributed by atoms with E-state index < -0.39 is 0 Å². The molecule has 0 radical (unpaired) electrons. The minimum absolute atomic E-state index is 0.0168. The minimum atomic E-state index is 0.0168. The summed E-state index contributed by atoms with van der Waals surface area (Å²) in [4.78, 5) is 33.7. The molecule has 0 aromatic carbocycles. The van der Waals surface area contributed by atoms with Crippen LogP contribution in [0.5, 0.6) is 0 Å². The van der Waals surface area contributed by atoms with E-state index in [4.69, 9.17) is 0 Å². The molecule has 2 aromatic heterocycles. The number of fused-ring (bicyclic) bond motifs is 1. The molecule has 0 aliphatic carbocycles. The summed E-state index contributed by atoms with van der Waals surface area (Å²) in [6, 6.07) is 2.12. The molecule has 4 rings (SSSR count). The zero-order chi connectivity index (χ0) is 18.1. The Hall–Kier alpha value is -1.89. The highest BCUT2D eigenvalue weighted by Crippen LogP contribution is 2.24. The third-order valence-corrected chi connectivity index (χ3v) is 5.92. The third-order valence-electron chi connectivity index (χ3n) is 5.49. The fraction of sp³-hybridized carbons (Fsp3) is 0.526. The van der Waals surface area contributed by atoms with Crippen LogP contribution in [0.3, 0.4) is 0 Å². The number of carbonyl (C=O) groups is 2. The molecule has 4 heterocycles. The highest BCUT2D eigenvalue weighted by atomic mass is 79.9. The average Bonchev–Trinajstić information content (AvgIpc) is 3.01. The number of amides is 2. The molecule has 0 bridgehead atoms.